The van der Waals surface area contributed by atoms with Crippen LogP contribution in [0.4, 0.5) is 0 Å². The second-order valence-corrected chi connectivity index (χ2v) is 7.67. The molecule has 1 N–H and O–H groups in total. The largest absolute Gasteiger partial charge is 0.462 e. The Bertz CT molecular complexity index is 1050. The highest BCUT2D eigenvalue weighted by molar-refractivity contribution is 7.18. The summed E-state index contributed by atoms with van der Waals surface area (Å²) in [5, 5.41) is 3.71. The number of nitrogens with one attached hydrogen (secondary N) is 1. The Morgan fingerprint density at radius 3 is 2.66 bits per heavy atom. The van der Waals surface area contributed by atoms with Crippen LogP contribution in [0.2, 0.25) is 0 Å². The lowest BCUT2D eigenvalue weighted by Crippen LogP contribution is -2.20. The Morgan fingerprint density at radius 1 is 1.21 bits per heavy atom. The smallest absolute Gasteiger partial charge is 0.340 e. The molecule has 0 aliphatic carbocycles. The summed E-state index contributed by atoms with van der Waals surface area (Å²) >= 11 is 1.56. The van der Waals surface area contributed by atoms with Gasteiger partial charge in [0.25, 0.3) is 0 Å². The SMILES string of the molecule is CCOC(=O)c1c(/C=C/C(=O)NCc2nc3ccccc3s2)c(C)n(CC)c1C. The molecule has 2 aromatic heterocycles. The lowest BCUT2D eigenvalue weighted by atomic mass is 10.1. The highest BCUT2D eigenvalue weighted by Gasteiger charge is 2.22. The van der Waals surface area contributed by atoms with Crippen molar-refractivity contribution in [3.63, 3.8) is 0 Å². The van der Waals surface area contributed by atoms with E-state index in [1.807, 2.05) is 49.6 Å². The van der Waals surface area contributed by atoms with Crippen LogP contribution < -0.4 is 5.32 Å². The van der Waals surface area contributed by atoms with E-state index < -0.39 is 0 Å². The summed E-state index contributed by atoms with van der Waals surface area (Å²) < 4.78 is 8.35. The first-order chi connectivity index (χ1) is 14.0. The summed E-state index contributed by atoms with van der Waals surface area (Å²) in [6, 6.07) is 7.89. The molecule has 152 valence electrons. The number of fused-ring (bicyclic) bond motifs is 1. The second-order valence-electron chi connectivity index (χ2n) is 6.55. The van der Waals surface area contributed by atoms with Crippen molar-refractivity contribution in [1.82, 2.24) is 14.9 Å². The summed E-state index contributed by atoms with van der Waals surface area (Å²) in [5.74, 6) is -0.602. The van der Waals surface area contributed by atoms with E-state index in [1.54, 1.807) is 24.3 Å². The maximum Gasteiger partial charge on any atom is 0.340 e. The van der Waals surface area contributed by atoms with Gasteiger partial charge >= 0.3 is 5.97 Å². The van der Waals surface area contributed by atoms with Crippen molar-refractivity contribution in [3.05, 3.63) is 57.9 Å². The van der Waals surface area contributed by atoms with Crippen LogP contribution in [0.25, 0.3) is 16.3 Å². The molecule has 0 unspecified atom stereocenters. The van der Waals surface area contributed by atoms with Crippen molar-refractivity contribution in [2.45, 2.75) is 40.8 Å². The molecule has 6 nitrogen and oxygen atoms in total. The molecule has 7 heteroatoms. The molecule has 0 atom stereocenters. The molecule has 0 fully saturated rings. The van der Waals surface area contributed by atoms with Gasteiger partial charge in [-0.3, -0.25) is 4.79 Å². The Hall–Kier alpha value is -2.93. The number of esters is 1. The molecule has 0 aliphatic heterocycles. The van der Waals surface area contributed by atoms with E-state index in [-0.39, 0.29) is 11.9 Å². The van der Waals surface area contributed by atoms with Crippen molar-refractivity contribution < 1.29 is 14.3 Å². The number of nitrogens with zero attached hydrogens (tertiary/aromatic N) is 2. The molecule has 0 aliphatic rings. The zero-order valence-electron chi connectivity index (χ0n) is 17.1. The number of hydrogen-bond acceptors (Lipinski definition) is 5. The highest BCUT2D eigenvalue weighted by Crippen LogP contribution is 2.25. The van der Waals surface area contributed by atoms with Gasteiger partial charge in [0.1, 0.15) is 5.01 Å². The van der Waals surface area contributed by atoms with E-state index in [0.29, 0.717) is 18.7 Å². The van der Waals surface area contributed by atoms with Gasteiger partial charge in [-0.25, -0.2) is 9.78 Å². The van der Waals surface area contributed by atoms with Crippen LogP contribution in [-0.2, 0) is 22.6 Å². The van der Waals surface area contributed by atoms with E-state index in [4.69, 9.17) is 4.74 Å². The Labute approximate surface area is 174 Å². The molecule has 0 saturated carbocycles. The normalized spacial score (nSPS) is 11.3. The molecule has 0 bridgehead atoms. The van der Waals surface area contributed by atoms with Crippen molar-refractivity contribution in [3.8, 4) is 0 Å². The van der Waals surface area contributed by atoms with Gasteiger partial charge in [0.2, 0.25) is 5.91 Å². The number of aromatic nitrogens is 2. The molecule has 3 rings (SSSR count). The molecule has 2 heterocycles. The van der Waals surface area contributed by atoms with Gasteiger partial charge in [-0.15, -0.1) is 11.3 Å². The predicted octanol–water partition coefficient (Wildman–Crippen LogP) is 4.24. The molecule has 1 aromatic carbocycles. The fraction of sp³-hybridized carbons (Fsp3) is 0.318. The quantitative estimate of drug-likeness (QED) is 0.466. The second kappa shape index (κ2) is 9.05. The van der Waals surface area contributed by atoms with Crippen LogP contribution in [0.3, 0.4) is 0 Å². The lowest BCUT2D eigenvalue weighted by molar-refractivity contribution is -0.116. The summed E-state index contributed by atoms with van der Waals surface area (Å²) in [4.78, 5) is 29.3. The van der Waals surface area contributed by atoms with Gasteiger partial charge in [-0.2, -0.15) is 0 Å². The van der Waals surface area contributed by atoms with Crippen molar-refractivity contribution in [1.29, 1.82) is 0 Å². The minimum atomic E-state index is -0.366. The highest BCUT2D eigenvalue weighted by atomic mass is 32.1. The topological polar surface area (TPSA) is 73.2 Å². The maximum atomic E-state index is 12.4. The molecule has 29 heavy (non-hydrogen) atoms. The number of ether oxygens (including phenoxy) is 1. The van der Waals surface area contributed by atoms with Gasteiger partial charge in [-0.05, 0) is 45.9 Å². The van der Waals surface area contributed by atoms with Crippen LogP contribution in [-0.4, -0.2) is 28.0 Å². The van der Waals surface area contributed by atoms with E-state index in [1.165, 1.54) is 6.08 Å². The number of carbonyl (C=O) groups excluding carboxylic acids is 2. The number of benzene rings is 1. The van der Waals surface area contributed by atoms with Crippen LogP contribution in [0.1, 0.15) is 46.2 Å². The van der Waals surface area contributed by atoms with E-state index in [0.717, 1.165) is 38.7 Å². The lowest BCUT2D eigenvalue weighted by Gasteiger charge is -2.05. The van der Waals surface area contributed by atoms with Crippen molar-refractivity contribution >= 4 is 39.5 Å². The summed E-state index contributed by atoms with van der Waals surface area (Å²) in [6.45, 7) is 9.05. The average molecular weight is 412 g/mol. The zero-order chi connectivity index (χ0) is 21.0. The maximum absolute atomic E-state index is 12.4. The fourth-order valence-electron chi connectivity index (χ4n) is 3.42. The molecule has 3 aromatic rings. The summed E-state index contributed by atoms with van der Waals surface area (Å²) in [7, 11) is 0. The first kappa shape index (κ1) is 20.8. The van der Waals surface area contributed by atoms with Crippen LogP contribution in [0, 0.1) is 13.8 Å². The average Bonchev–Trinajstić information content (AvgIpc) is 3.22. The summed E-state index contributed by atoms with van der Waals surface area (Å²) in [6.07, 6.45) is 3.15. The third kappa shape index (κ3) is 4.40. The minimum Gasteiger partial charge on any atom is -0.462 e. The molecule has 0 saturated heterocycles. The predicted molar refractivity (Wildman–Crippen MR) is 116 cm³/mol. The zero-order valence-corrected chi connectivity index (χ0v) is 17.9. The van der Waals surface area contributed by atoms with Crippen LogP contribution >= 0.6 is 11.3 Å². The van der Waals surface area contributed by atoms with Gasteiger partial charge in [-0.1, -0.05) is 12.1 Å². The van der Waals surface area contributed by atoms with E-state index >= 15 is 0 Å². The summed E-state index contributed by atoms with van der Waals surface area (Å²) in [5.41, 5.74) is 3.95. The Kier molecular flexibility index (Phi) is 6.49. The Morgan fingerprint density at radius 2 is 1.97 bits per heavy atom. The van der Waals surface area contributed by atoms with Gasteiger partial charge in [0.05, 0.1) is 28.9 Å². The molecular weight excluding hydrogens is 386 g/mol. The van der Waals surface area contributed by atoms with Crippen molar-refractivity contribution in [2.75, 3.05) is 6.61 Å². The van der Waals surface area contributed by atoms with Gasteiger partial charge in [0, 0.05) is 29.6 Å². The van der Waals surface area contributed by atoms with E-state index in [9.17, 15) is 9.59 Å². The Balaban J connectivity index is 1.76. The number of carbonyl (C=O) groups is 2. The van der Waals surface area contributed by atoms with Gasteiger partial charge < -0.3 is 14.6 Å². The molecular formula is C22H25N3O3S. The first-order valence-electron chi connectivity index (χ1n) is 9.63. The van der Waals surface area contributed by atoms with Gasteiger partial charge in [0.15, 0.2) is 0 Å². The first-order valence-corrected chi connectivity index (χ1v) is 10.4. The number of amides is 1. The third-order valence-corrected chi connectivity index (χ3v) is 5.82. The fourth-order valence-corrected chi connectivity index (χ4v) is 4.33. The number of hydrogen-bond donors (Lipinski definition) is 1. The standard InChI is InChI=1S/C22H25N3O3S/c1-5-25-14(3)16(21(15(25)4)22(27)28-6-2)11-12-19(26)23-13-20-24-17-9-7-8-10-18(17)29-20/h7-12H,5-6,13H2,1-4H3,(H,23,26)/b12-11+. The van der Waals surface area contributed by atoms with Crippen molar-refractivity contribution in [2.24, 2.45) is 0 Å². The monoisotopic (exact) mass is 411 g/mol. The molecule has 1 amide bonds. The van der Waals surface area contributed by atoms with E-state index in [2.05, 4.69) is 10.3 Å². The number of thiazole rings is 1. The van der Waals surface area contributed by atoms with Crippen LogP contribution in [0.15, 0.2) is 30.3 Å². The molecule has 0 radical (unpaired) electrons. The number of para-hydroxylation sites is 1. The molecule has 0 spiro atoms. The van der Waals surface area contributed by atoms with Crippen LogP contribution in [0.5, 0.6) is 0 Å². The third-order valence-electron chi connectivity index (χ3n) is 4.78. The minimum absolute atomic E-state index is 0.236. The number of rotatable bonds is 7.